The van der Waals surface area contributed by atoms with Gasteiger partial charge in [-0.1, -0.05) is 37.3 Å². The summed E-state index contributed by atoms with van der Waals surface area (Å²) in [4.78, 5) is 11.4. The summed E-state index contributed by atoms with van der Waals surface area (Å²) in [7, 11) is -0.373. The van der Waals surface area contributed by atoms with Crippen LogP contribution in [0.15, 0.2) is 53.1 Å². The van der Waals surface area contributed by atoms with Gasteiger partial charge in [-0.3, -0.25) is 4.31 Å². The zero-order valence-corrected chi connectivity index (χ0v) is 23.0. The first-order chi connectivity index (χ1) is 17.5. The van der Waals surface area contributed by atoms with Gasteiger partial charge in [-0.25, -0.2) is 18.4 Å². The predicted molar refractivity (Wildman–Crippen MR) is 146 cm³/mol. The molecule has 3 aromatic rings. The monoisotopic (exact) mass is 527 g/mol. The summed E-state index contributed by atoms with van der Waals surface area (Å²) in [6.07, 6.45) is 4.55. The average molecular weight is 528 g/mol. The largest absolute Gasteiger partial charge is 0.439 e. The van der Waals surface area contributed by atoms with E-state index in [4.69, 9.17) is 19.9 Å². The highest BCUT2D eigenvalue weighted by atomic mass is 32.2. The van der Waals surface area contributed by atoms with Crippen molar-refractivity contribution in [1.29, 1.82) is 0 Å². The highest BCUT2D eigenvalue weighted by molar-refractivity contribution is 7.92. The molecule has 200 valence electrons. The molecule has 2 heterocycles. The van der Waals surface area contributed by atoms with Crippen molar-refractivity contribution < 1.29 is 17.6 Å². The number of rotatable bonds is 12. The zero-order chi connectivity index (χ0) is 26.8. The van der Waals surface area contributed by atoms with Crippen LogP contribution in [0.4, 0.5) is 11.6 Å². The molecule has 2 aromatic heterocycles. The molecule has 0 radical (unpaired) electrons. The molecule has 0 spiro atoms. The third kappa shape index (κ3) is 6.68. The molecule has 0 amide bonds. The summed E-state index contributed by atoms with van der Waals surface area (Å²) in [5.41, 5.74) is 7.59. The van der Waals surface area contributed by atoms with Crippen LogP contribution in [0.25, 0.3) is 11.5 Å². The Morgan fingerprint density at radius 2 is 1.89 bits per heavy atom. The van der Waals surface area contributed by atoms with Gasteiger partial charge in [0.2, 0.25) is 15.9 Å². The topological polar surface area (TPSA) is 115 Å². The summed E-state index contributed by atoms with van der Waals surface area (Å²) < 4.78 is 37.4. The first kappa shape index (κ1) is 27.1. The molecular formula is C27H37N5O4S. The molecule has 0 bridgehead atoms. The standard InChI is InChI=1S/C27H37N5O4S/c1-19-13-22(19)18-32(11-12-35-4)25-15-21(14-24(30-25)31(3)37(5,33)34)26-29-17-23(36-26)27(2,28)16-20-9-7-6-8-10-20/h6-10,14-15,17,19,22H,11-13,16,18,28H2,1-5H3/t19?,22?,27-/m1/s1. The number of pyridine rings is 1. The molecule has 2 unspecified atom stereocenters. The van der Waals surface area contributed by atoms with E-state index in [1.807, 2.05) is 43.3 Å². The molecule has 1 aliphatic rings. The third-order valence-corrected chi connectivity index (χ3v) is 8.15. The Balaban J connectivity index is 1.71. The molecular weight excluding hydrogens is 490 g/mol. The maximum absolute atomic E-state index is 12.4. The van der Waals surface area contributed by atoms with Crippen LogP contribution in [0, 0.1) is 11.8 Å². The Morgan fingerprint density at radius 1 is 1.22 bits per heavy atom. The van der Waals surface area contributed by atoms with Crippen molar-refractivity contribution in [3.8, 4) is 11.5 Å². The minimum Gasteiger partial charge on any atom is -0.439 e. The van der Waals surface area contributed by atoms with Gasteiger partial charge in [0.1, 0.15) is 17.4 Å². The number of methoxy groups -OCH3 is 1. The van der Waals surface area contributed by atoms with E-state index >= 15 is 0 Å². The molecule has 9 nitrogen and oxygen atoms in total. The van der Waals surface area contributed by atoms with Crippen molar-refractivity contribution in [3.05, 3.63) is 60.0 Å². The van der Waals surface area contributed by atoms with Gasteiger partial charge >= 0.3 is 0 Å². The van der Waals surface area contributed by atoms with E-state index < -0.39 is 15.6 Å². The second kappa shape index (κ2) is 10.8. The van der Waals surface area contributed by atoms with Gasteiger partial charge in [0.15, 0.2) is 0 Å². The lowest BCUT2D eigenvalue weighted by molar-refractivity contribution is 0.204. The van der Waals surface area contributed by atoms with Gasteiger partial charge in [0, 0.05) is 32.8 Å². The van der Waals surface area contributed by atoms with Crippen LogP contribution in [-0.4, -0.2) is 58.5 Å². The van der Waals surface area contributed by atoms with Gasteiger partial charge in [-0.15, -0.1) is 0 Å². The second-order valence-corrected chi connectivity index (χ2v) is 12.3. The lowest BCUT2D eigenvalue weighted by Crippen LogP contribution is -2.35. The molecule has 10 heteroatoms. The van der Waals surface area contributed by atoms with Crippen LogP contribution in [0.1, 0.15) is 31.6 Å². The summed E-state index contributed by atoms with van der Waals surface area (Å²) in [6, 6.07) is 13.6. The van der Waals surface area contributed by atoms with Crippen LogP contribution >= 0.6 is 0 Å². The van der Waals surface area contributed by atoms with Crippen LogP contribution in [0.2, 0.25) is 0 Å². The zero-order valence-electron chi connectivity index (χ0n) is 22.2. The number of benzene rings is 1. The highest BCUT2D eigenvalue weighted by Gasteiger charge is 2.34. The summed E-state index contributed by atoms with van der Waals surface area (Å²) in [5.74, 6) is 3.08. The Morgan fingerprint density at radius 3 is 2.51 bits per heavy atom. The fourth-order valence-corrected chi connectivity index (χ4v) is 4.77. The van der Waals surface area contributed by atoms with E-state index in [1.165, 1.54) is 17.8 Å². The molecule has 2 N–H and O–H groups in total. The fraction of sp³-hybridized carbons (Fsp3) is 0.481. The average Bonchev–Trinajstić information content (AvgIpc) is 3.31. The van der Waals surface area contributed by atoms with E-state index in [2.05, 4.69) is 16.8 Å². The van der Waals surface area contributed by atoms with Crippen LogP contribution in [0.3, 0.4) is 0 Å². The number of nitrogens with zero attached hydrogens (tertiary/aromatic N) is 4. The summed E-state index contributed by atoms with van der Waals surface area (Å²) >= 11 is 0. The Labute approximate surface area is 219 Å². The Hall–Kier alpha value is -2.95. The van der Waals surface area contributed by atoms with Crippen molar-refractivity contribution in [2.75, 3.05) is 49.3 Å². The minimum absolute atomic E-state index is 0.292. The number of hydrogen-bond donors (Lipinski definition) is 1. The number of sulfonamides is 1. The normalized spacial score (nSPS) is 18.9. The van der Waals surface area contributed by atoms with E-state index in [1.54, 1.807) is 19.4 Å². The molecule has 1 saturated carbocycles. The van der Waals surface area contributed by atoms with Gasteiger partial charge in [0.05, 0.1) is 24.6 Å². The highest BCUT2D eigenvalue weighted by Crippen LogP contribution is 2.39. The predicted octanol–water partition coefficient (Wildman–Crippen LogP) is 3.66. The lowest BCUT2D eigenvalue weighted by atomic mass is 9.92. The van der Waals surface area contributed by atoms with Crippen molar-refractivity contribution in [1.82, 2.24) is 9.97 Å². The van der Waals surface area contributed by atoms with E-state index in [-0.39, 0.29) is 0 Å². The van der Waals surface area contributed by atoms with Crippen molar-refractivity contribution in [3.63, 3.8) is 0 Å². The number of anilines is 2. The van der Waals surface area contributed by atoms with Crippen molar-refractivity contribution in [2.24, 2.45) is 17.6 Å². The SMILES string of the molecule is COCCN(CC1CC1C)c1cc(-c2ncc([C@](C)(N)Cc3ccccc3)o2)cc(N(C)S(C)(=O)=O)n1. The summed E-state index contributed by atoms with van der Waals surface area (Å²) in [5, 5.41) is 0. The van der Waals surface area contributed by atoms with Crippen molar-refractivity contribution in [2.45, 2.75) is 32.2 Å². The second-order valence-electron chi connectivity index (χ2n) is 10.3. The maximum atomic E-state index is 12.4. The Kier molecular flexibility index (Phi) is 7.91. The van der Waals surface area contributed by atoms with E-state index in [9.17, 15) is 8.42 Å². The number of hydrogen-bond acceptors (Lipinski definition) is 8. The molecule has 37 heavy (non-hydrogen) atoms. The van der Waals surface area contributed by atoms with Crippen molar-refractivity contribution >= 4 is 21.7 Å². The first-order valence-corrected chi connectivity index (χ1v) is 14.3. The summed E-state index contributed by atoms with van der Waals surface area (Å²) in [6.45, 7) is 6.12. The van der Waals surface area contributed by atoms with Gasteiger partial charge in [0.25, 0.3) is 0 Å². The smallest absolute Gasteiger partial charge is 0.233 e. The number of oxazole rings is 1. The molecule has 1 aromatic carbocycles. The first-order valence-electron chi connectivity index (χ1n) is 12.5. The van der Waals surface area contributed by atoms with Crippen LogP contribution in [-0.2, 0) is 26.7 Å². The van der Waals surface area contributed by atoms with Crippen LogP contribution in [0.5, 0.6) is 0 Å². The Bertz CT molecular complexity index is 1310. The van der Waals surface area contributed by atoms with Gasteiger partial charge in [-0.2, -0.15) is 0 Å². The molecule has 0 aliphatic heterocycles. The quantitative estimate of drug-likeness (QED) is 0.380. The van der Waals surface area contributed by atoms with E-state index in [0.717, 1.165) is 18.4 Å². The molecule has 0 saturated heterocycles. The molecule has 1 fully saturated rings. The van der Waals surface area contributed by atoms with Crippen LogP contribution < -0.4 is 14.9 Å². The van der Waals surface area contributed by atoms with Gasteiger partial charge < -0.3 is 19.8 Å². The number of ether oxygens (including phenoxy) is 1. The van der Waals surface area contributed by atoms with Gasteiger partial charge in [-0.05, 0) is 49.3 Å². The molecule has 3 atom stereocenters. The lowest BCUT2D eigenvalue weighted by Gasteiger charge is -2.26. The molecule has 4 rings (SSSR count). The molecule has 1 aliphatic carbocycles. The number of nitrogens with two attached hydrogens (primary N) is 1. The third-order valence-electron chi connectivity index (χ3n) is 6.97. The minimum atomic E-state index is -3.53. The number of aromatic nitrogens is 2. The van der Waals surface area contributed by atoms with E-state index in [0.29, 0.717) is 60.3 Å². The maximum Gasteiger partial charge on any atom is 0.233 e. The fourth-order valence-electron chi connectivity index (χ4n) is 4.33.